The maximum Gasteiger partial charge on any atom is 0.410 e. The molecule has 2 N–H and O–H groups in total. The Morgan fingerprint density at radius 3 is 2.52 bits per heavy atom. The fourth-order valence-electron chi connectivity index (χ4n) is 6.17. The number of carbonyl (C=O) groups excluding carboxylic acids is 4. The smallest absolute Gasteiger partial charge is 0.410 e. The molecule has 42 heavy (non-hydrogen) atoms. The number of nitrogens with zero attached hydrogens (tertiary/aromatic N) is 3. The van der Waals surface area contributed by atoms with Crippen LogP contribution in [0.5, 0.6) is 0 Å². The van der Waals surface area contributed by atoms with Gasteiger partial charge in [0.25, 0.3) is 0 Å². The molecule has 0 radical (unpaired) electrons. The van der Waals surface area contributed by atoms with Gasteiger partial charge in [0, 0.05) is 34.1 Å². The molecule has 0 spiro atoms. The number of esters is 1. The number of likely N-dealkylation sites (tertiary alicyclic amines) is 1. The van der Waals surface area contributed by atoms with E-state index in [9.17, 15) is 24.3 Å². The van der Waals surface area contributed by atoms with Crippen molar-refractivity contribution < 1.29 is 38.2 Å². The second-order valence-electron chi connectivity index (χ2n) is 11.6. The number of aliphatic hydroxyl groups is 1. The van der Waals surface area contributed by atoms with Crippen LogP contribution in [0, 0.1) is 11.8 Å². The molecule has 13 heteroatoms. The highest BCUT2D eigenvalue weighted by molar-refractivity contribution is 8.03. The molecule has 11 nitrogen and oxygen atoms in total. The molecule has 3 saturated heterocycles. The number of ether oxygens (including phenoxy) is 2. The molecule has 0 saturated carbocycles. The van der Waals surface area contributed by atoms with Crippen molar-refractivity contribution >= 4 is 47.4 Å². The van der Waals surface area contributed by atoms with Gasteiger partial charge >= 0.3 is 12.1 Å². The van der Waals surface area contributed by atoms with Crippen LogP contribution in [-0.2, 0) is 23.9 Å². The number of likely N-dealkylation sites (N-methyl/N-ethyl adjacent to an activating group) is 1. The van der Waals surface area contributed by atoms with Gasteiger partial charge in [-0.2, -0.15) is 11.8 Å². The molecule has 4 aliphatic rings. The first-order valence-corrected chi connectivity index (χ1v) is 16.5. The number of amides is 3. The van der Waals surface area contributed by atoms with Gasteiger partial charge in [-0.3, -0.25) is 14.5 Å². The molecule has 4 heterocycles. The molecule has 0 aliphatic carbocycles. The number of quaternary nitrogens is 1. The lowest BCUT2D eigenvalue weighted by atomic mass is 9.79. The summed E-state index contributed by atoms with van der Waals surface area (Å²) < 4.78 is 11.6. The molecule has 3 fully saturated rings. The standard InChI is InChI=1S/C29H42N4O7S2/c1-6-12-39-28(37)24-25(18(3)23-22(19(4)34)27(36)32(23)24)42-20-16-21(31(17-20)29(38)40-13-7-2)26(35)30-8-9-33(5)10-14-41-15-11-33/h6-7,18-23,34H,1-2,8-17H2,3-5H3/p+1/t18-,19-,20+,21+,22?,23?/m1/s1. The lowest BCUT2D eigenvalue weighted by Crippen LogP contribution is -2.63. The topological polar surface area (TPSA) is 125 Å². The van der Waals surface area contributed by atoms with Crippen molar-refractivity contribution in [2.24, 2.45) is 11.8 Å². The van der Waals surface area contributed by atoms with E-state index in [4.69, 9.17) is 9.47 Å². The maximum absolute atomic E-state index is 13.4. The minimum Gasteiger partial charge on any atom is -0.457 e. The van der Waals surface area contributed by atoms with Crippen LogP contribution in [0.3, 0.4) is 0 Å². The largest absolute Gasteiger partial charge is 0.457 e. The Kier molecular flexibility index (Phi) is 10.7. The minimum absolute atomic E-state index is 0.00756. The molecular weight excluding hydrogens is 580 g/mol. The van der Waals surface area contributed by atoms with Crippen molar-refractivity contribution in [2.45, 2.75) is 43.7 Å². The summed E-state index contributed by atoms with van der Waals surface area (Å²) in [5.74, 6) is 0.174. The number of nitrogens with one attached hydrogen (secondary N) is 1. The van der Waals surface area contributed by atoms with Crippen molar-refractivity contribution in [3.05, 3.63) is 35.9 Å². The Balaban J connectivity index is 1.51. The second kappa shape index (κ2) is 13.9. The SMILES string of the molecule is C=CCOC(=O)C1=C(S[C@H]2C[C@@H](C(=O)NCC[N+]3(C)CCSCC3)N(C(=O)OCC=C)C2)[C@H](C)C2C([C@@H](C)O)C(=O)N12. The molecular formula is C29H43N4O7S2+. The number of fused-ring (bicyclic) bond motifs is 1. The summed E-state index contributed by atoms with van der Waals surface area (Å²) in [5.41, 5.74) is 0.173. The van der Waals surface area contributed by atoms with Crippen molar-refractivity contribution in [2.75, 3.05) is 64.5 Å². The van der Waals surface area contributed by atoms with Gasteiger partial charge < -0.3 is 29.3 Å². The molecule has 3 amide bonds. The average Bonchev–Trinajstić information content (AvgIpc) is 3.48. The first-order chi connectivity index (χ1) is 20.0. The quantitative estimate of drug-likeness (QED) is 0.144. The third kappa shape index (κ3) is 6.68. The summed E-state index contributed by atoms with van der Waals surface area (Å²) in [6, 6.07) is -1.10. The second-order valence-corrected chi connectivity index (χ2v) is 14.1. The summed E-state index contributed by atoms with van der Waals surface area (Å²) in [6.07, 6.45) is 1.82. The molecule has 4 aliphatic heterocycles. The molecule has 0 bridgehead atoms. The van der Waals surface area contributed by atoms with E-state index >= 15 is 0 Å². The normalized spacial score (nSPS) is 29.0. The van der Waals surface area contributed by atoms with Crippen molar-refractivity contribution in [1.29, 1.82) is 0 Å². The van der Waals surface area contributed by atoms with Gasteiger partial charge in [0.15, 0.2) is 0 Å². The van der Waals surface area contributed by atoms with Gasteiger partial charge in [0.1, 0.15) is 25.0 Å². The monoisotopic (exact) mass is 623 g/mol. The van der Waals surface area contributed by atoms with Crippen LogP contribution < -0.4 is 5.32 Å². The van der Waals surface area contributed by atoms with Gasteiger partial charge in [-0.15, -0.1) is 11.8 Å². The Morgan fingerprint density at radius 1 is 1.21 bits per heavy atom. The third-order valence-electron chi connectivity index (χ3n) is 8.55. The summed E-state index contributed by atoms with van der Waals surface area (Å²) in [5, 5.41) is 13.1. The van der Waals surface area contributed by atoms with Gasteiger partial charge in [0.2, 0.25) is 11.8 Å². The minimum atomic E-state index is -0.862. The average molecular weight is 624 g/mol. The Bertz CT molecular complexity index is 1120. The van der Waals surface area contributed by atoms with Crippen molar-refractivity contribution in [3.8, 4) is 0 Å². The van der Waals surface area contributed by atoms with E-state index in [0.29, 0.717) is 17.9 Å². The summed E-state index contributed by atoms with van der Waals surface area (Å²) in [7, 11) is 2.21. The highest BCUT2D eigenvalue weighted by Crippen LogP contribution is 2.52. The predicted molar refractivity (Wildman–Crippen MR) is 162 cm³/mol. The van der Waals surface area contributed by atoms with E-state index in [1.807, 2.05) is 18.7 Å². The van der Waals surface area contributed by atoms with Gasteiger partial charge in [-0.25, -0.2) is 9.59 Å². The number of hydrogen-bond acceptors (Lipinski definition) is 9. The van der Waals surface area contributed by atoms with Crippen molar-refractivity contribution in [1.82, 2.24) is 15.1 Å². The molecule has 4 rings (SSSR count). The maximum atomic E-state index is 13.4. The zero-order valence-corrected chi connectivity index (χ0v) is 26.3. The lowest BCUT2D eigenvalue weighted by Gasteiger charge is -2.46. The summed E-state index contributed by atoms with van der Waals surface area (Å²) in [6.45, 7) is 14.4. The lowest BCUT2D eigenvalue weighted by molar-refractivity contribution is -0.904. The van der Waals surface area contributed by atoms with E-state index in [2.05, 4.69) is 25.5 Å². The zero-order chi connectivity index (χ0) is 30.6. The zero-order valence-electron chi connectivity index (χ0n) is 24.7. The fourth-order valence-corrected chi connectivity index (χ4v) is 9.04. The fraction of sp³-hybridized carbons (Fsp3) is 0.655. The van der Waals surface area contributed by atoms with Crippen molar-refractivity contribution in [3.63, 3.8) is 0 Å². The van der Waals surface area contributed by atoms with E-state index in [1.165, 1.54) is 33.7 Å². The Morgan fingerprint density at radius 2 is 1.88 bits per heavy atom. The summed E-state index contributed by atoms with van der Waals surface area (Å²) in [4.78, 5) is 56.1. The molecule has 6 atom stereocenters. The molecule has 0 aromatic carbocycles. The van der Waals surface area contributed by atoms with E-state index in [-0.39, 0.29) is 54.5 Å². The number of aliphatic hydroxyl groups excluding tert-OH is 1. The molecule has 0 aromatic heterocycles. The predicted octanol–water partition coefficient (Wildman–Crippen LogP) is 1.59. The van der Waals surface area contributed by atoms with Crippen LogP contribution in [-0.4, -0.2) is 131 Å². The van der Waals surface area contributed by atoms with Crippen LogP contribution in [0.25, 0.3) is 0 Å². The molecule has 232 valence electrons. The Labute approximate surface area is 256 Å². The highest BCUT2D eigenvalue weighted by Gasteiger charge is 2.60. The van der Waals surface area contributed by atoms with Crippen LogP contribution in [0.15, 0.2) is 35.9 Å². The Hall–Kier alpha value is -2.48. The van der Waals surface area contributed by atoms with Crippen LogP contribution in [0.4, 0.5) is 4.79 Å². The van der Waals surface area contributed by atoms with E-state index in [0.717, 1.165) is 35.6 Å². The van der Waals surface area contributed by atoms with Crippen LogP contribution >= 0.6 is 23.5 Å². The van der Waals surface area contributed by atoms with Gasteiger partial charge in [-0.1, -0.05) is 32.2 Å². The molecule has 0 aromatic rings. The van der Waals surface area contributed by atoms with E-state index in [1.54, 1.807) is 6.92 Å². The first kappa shape index (κ1) is 32.4. The van der Waals surface area contributed by atoms with Crippen LogP contribution in [0.2, 0.25) is 0 Å². The number of β-lactam (4-membered cyclic amide) rings is 1. The number of thioether (sulfide) groups is 2. The van der Waals surface area contributed by atoms with Gasteiger partial charge in [-0.05, 0) is 13.3 Å². The summed E-state index contributed by atoms with van der Waals surface area (Å²) >= 11 is 3.34. The highest BCUT2D eigenvalue weighted by atomic mass is 32.2. The number of carbonyl (C=O) groups is 4. The first-order valence-electron chi connectivity index (χ1n) is 14.5. The number of hydrogen-bond donors (Lipinski definition) is 2. The third-order valence-corrected chi connectivity index (χ3v) is 11.0. The number of rotatable bonds is 12. The van der Waals surface area contributed by atoms with E-state index < -0.39 is 30.1 Å². The van der Waals surface area contributed by atoms with Gasteiger partial charge in [0.05, 0.1) is 51.3 Å². The molecule has 2 unspecified atom stereocenters. The van der Waals surface area contributed by atoms with Crippen LogP contribution in [0.1, 0.15) is 20.3 Å².